The average Bonchev–Trinajstić information content (AvgIpc) is 3.25. The van der Waals surface area contributed by atoms with Crippen molar-refractivity contribution in [3.63, 3.8) is 0 Å². The highest BCUT2D eigenvalue weighted by Crippen LogP contribution is 2.38. The van der Waals surface area contributed by atoms with Crippen molar-refractivity contribution in [3.8, 4) is 0 Å². The van der Waals surface area contributed by atoms with Crippen LogP contribution in [0.3, 0.4) is 0 Å². The highest BCUT2D eigenvalue weighted by molar-refractivity contribution is 7.10. The van der Waals surface area contributed by atoms with Crippen LogP contribution in [0.4, 0.5) is 0 Å². The second-order valence-electron chi connectivity index (χ2n) is 6.39. The maximum Gasteiger partial charge on any atom is 0.234 e. The van der Waals surface area contributed by atoms with Gasteiger partial charge in [-0.15, -0.1) is 11.3 Å². The van der Waals surface area contributed by atoms with Gasteiger partial charge in [-0.05, 0) is 37.1 Å². The van der Waals surface area contributed by atoms with Crippen LogP contribution < -0.4 is 0 Å². The molecule has 0 N–H and O–H groups in total. The molecule has 3 atom stereocenters. The van der Waals surface area contributed by atoms with Crippen LogP contribution in [-0.2, 0) is 9.59 Å². The zero-order valence-corrected chi connectivity index (χ0v) is 13.3. The molecule has 3 aliphatic rings. The maximum atomic E-state index is 12.6. The Balaban J connectivity index is 1.51. The number of hydrogen-bond acceptors (Lipinski definition) is 4. The summed E-state index contributed by atoms with van der Waals surface area (Å²) < 4.78 is 0. The fourth-order valence-corrected chi connectivity index (χ4v) is 4.88. The topological polar surface area (TPSA) is 40.6 Å². The van der Waals surface area contributed by atoms with E-state index in [9.17, 15) is 9.59 Å². The van der Waals surface area contributed by atoms with E-state index in [0.717, 1.165) is 32.2 Å². The van der Waals surface area contributed by atoms with Crippen molar-refractivity contribution in [1.82, 2.24) is 9.80 Å². The lowest BCUT2D eigenvalue weighted by atomic mass is 9.85. The number of nitrogens with zero attached hydrogens (tertiary/aromatic N) is 2. The van der Waals surface area contributed by atoms with Gasteiger partial charge in [-0.25, -0.2) is 0 Å². The molecule has 116 valence electrons. The molecule has 0 aromatic carbocycles. The first-order valence-electron chi connectivity index (χ1n) is 8.03. The summed E-state index contributed by atoms with van der Waals surface area (Å²) in [5, 5.41) is 2.10. The van der Waals surface area contributed by atoms with Crippen molar-refractivity contribution in [1.29, 1.82) is 0 Å². The lowest BCUT2D eigenvalue weighted by Gasteiger charge is -2.28. The lowest BCUT2D eigenvalue weighted by Crippen LogP contribution is -2.41. The third kappa shape index (κ3) is 2.23. The summed E-state index contributed by atoms with van der Waals surface area (Å²) in [7, 11) is 0. The van der Waals surface area contributed by atoms with E-state index in [4.69, 9.17) is 0 Å². The number of carbonyl (C=O) groups excluding carboxylic acids is 2. The van der Waals surface area contributed by atoms with Crippen LogP contribution >= 0.6 is 11.3 Å². The minimum atomic E-state index is -0.111. The van der Waals surface area contributed by atoms with Gasteiger partial charge in [0.05, 0.1) is 18.5 Å². The number of carbonyl (C=O) groups is 2. The highest BCUT2D eigenvalue weighted by atomic mass is 32.1. The predicted octanol–water partition coefficient (Wildman–Crippen LogP) is 2.79. The van der Waals surface area contributed by atoms with Crippen LogP contribution in [0.5, 0.6) is 0 Å². The summed E-state index contributed by atoms with van der Waals surface area (Å²) in [5.74, 6) is -0.145. The van der Waals surface area contributed by atoms with E-state index >= 15 is 0 Å². The maximum absolute atomic E-state index is 12.6. The molecule has 0 unspecified atom stereocenters. The van der Waals surface area contributed by atoms with Gasteiger partial charge in [0.25, 0.3) is 0 Å². The fourth-order valence-electron chi connectivity index (χ4n) is 3.99. The van der Waals surface area contributed by atoms with Gasteiger partial charge in [0.2, 0.25) is 11.8 Å². The lowest BCUT2D eigenvalue weighted by molar-refractivity contribution is -0.142. The summed E-state index contributed by atoms with van der Waals surface area (Å²) in [6.45, 7) is 1.43. The standard InChI is InChI=1S/C17H20N2O2S/c20-16-12-5-1-2-6-13(12)17(21)19(16)11-18-9-3-7-14(18)15-8-4-10-22-15/h1-2,4,8,10,12-14H,3,5-7,9,11H2/t12-,13-,14-/m1/s1. The minimum absolute atomic E-state index is 0.0381. The molecule has 4 rings (SSSR count). The molecule has 2 aliphatic heterocycles. The van der Waals surface area contributed by atoms with Crippen molar-refractivity contribution >= 4 is 23.2 Å². The summed E-state index contributed by atoms with van der Waals surface area (Å²) in [4.78, 5) is 30.3. The molecule has 22 heavy (non-hydrogen) atoms. The van der Waals surface area contributed by atoms with Crippen molar-refractivity contribution in [2.24, 2.45) is 11.8 Å². The van der Waals surface area contributed by atoms with E-state index < -0.39 is 0 Å². The highest BCUT2D eigenvalue weighted by Gasteiger charge is 2.48. The number of thiophene rings is 1. The quantitative estimate of drug-likeness (QED) is 0.636. The summed E-state index contributed by atoms with van der Waals surface area (Å²) in [5.41, 5.74) is 0. The Morgan fingerprint density at radius 3 is 2.50 bits per heavy atom. The van der Waals surface area contributed by atoms with E-state index in [1.807, 2.05) is 12.2 Å². The first-order valence-corrected chi connectivity index (χ1v) is 8.91. The van der Waals surface area contributed by atoms with Gasteiger partial charge in [-0.2, -0.15) is 0 Å². The second-order valence-corrected chi connectivity index (χ2v) is 7.37. The fraction of sp³-hybridized carbons (Fsp3) is 0.529. The zero-order valence-electron chi connectivity index (χ0n) is 12.5. The number of rotatable bonds is 3. The van der Waals surface area contributed by atoms with E-state index in [0.29, 0.717) is 12.7 Å². The molecule has 4 nitrogen and oxygen atoms in total. The smallest absolute Gasteiger partial charge is 0.234 e. The van der Waals surface area contributed by atoms with Gasteiger partial charge in [0.1, 0.15) is 0 Å². The number of allylic oxidation sites excluding steroid dienone is 2. The molecular formula is C17H20N2O2S. The SMILES string of the molecule is O=C1[C@@H]2CC=CC[C@H]2C(=O)N1CN1CCC[C@@H]1c1cccs1. The van der Waals surface area contributed by atoms with Gasteiger partial charge >= 0.3 is 0 Å². The first-order chi connectivity index (χ1) is 10.8. The molecule has 1 aromatic heterocycles. The molecule has 3 heterocycles. The van der Waals surface area contributed by atoms with Crippen LogP contribution in [-0.4, -0.2) is 34.8 Å². The Hall–Kier alpha value is -1.46. The summed E-state index contributed by atoms with van der Waals surface area (Å²) in [6.07, 6.45) is 7.78. The van der Waals surface area contributed by atoms with E-state index in [1.54, 1.807) is 11.3 Å². The molecule has 2 amide bonds. The Morgan fingerprint density at radius 2 is 1.86 bits per heavy atom. The van der Waals surface area contributed by atoms with Gasteiger partial charge in [0.15, 0.2) is 0 Å². The Kier molecular flexibility index (Phi) is 3.62. The van der Waals surface area contributed by atoms with Crippen LogP contribution in [0.15, 0.2) is 29.7 Å². The van der Waals surface area contributed by atoms with Crippen LogP contribution in [0, 0.1) is 11.8 Å². The van der Waals surface area contributed by atoms with Crippen molar-refractivity contribution in [2.45, 2.75) is 31.7 Å². The molecule has 0 bridgehead atoms. The van der Waals surface area contributed by atoms with E-state index in [1.165, 1.54) is 9.78 Å². The number of imide groups is 1. The molecule has 5 heteroatoms. The number of hydrogen-bond donors (Lipinski definition) is 0. The molecule has 1 aromatic rings. The molecule has 2 fully saturated rings. The van der Waals surface area contributed by atoms with Gasteiger partial charge < -0.3 is 0 Å². The number of amides is 2. The molecule has 0 spiro atoms. The molecule has 0 saturated carbocycles. The van der Waals surface area contributed by atoms with Gasteiger partial charge in [-0.1, -0.05) is 18.2 Å². The van der Waals surface area contributed by atoms with E-state index in [2.05, 4.69) is 22.4 Å². The largest absolute Gasteiger partial charge is 0.278 e. The van der Waals surface area contributed by atoms with Crippen LogP contribution in [0.1, 0.15) is 36.6 Å². The molecule has 1 aliphatic carbocycles. The Labute approximate surface area is 134 Å². The number of fused-ring (bicyclic) bond motifs is 1. The summed E-state index contributed by atoms with van der Waals surface area (Å²) in [6, 6.07) is 4.59. The van der Waals surface area contributed by atoms with Gasteiger partial charge in [0, 0.05) is 17.5 Å². The monoisotopic (exact) mass is 316 g/mol. The molecule has 2 saturated heterocycles. The third-order valence-electron chi connectivity index (χ3n) is 5.16. The third-order valence-corrected chi connectivity index (χ3v) is 6.13. The molecule has 0 radical (unpaired) electrons. The first kappa shape index (κ1) is 14.2. The normalized spacial score (nSPS) is 32.0. The van der Waals surface area contributed by atoms with Crippen molar-refractivity contribution < 1.29 is 9.59 Å². The minimum Gasteiger partial charge on any atom is -0.278 e. The zero-order chi connectivity index (χ0) is 15.1. The second kappa shape index (κ2) is 5.63. The van der Waals surface area contributed by atoms with Crippen molar-refractivity contribution in [3.05, 3.63) is 34.5 Å². The van der Waals surface area contributed by atoms with Crippen LogP contribution in [0.25, 0.3) is 0 Å². The molecular weight excluding hydrogens is 296 g/mol. The Bertz CT molecular complexity index is 584. The average molecular weight is 316 g/mol. The number of likely N-dealkylation sites (tertiary alicyclic amines) is 2. The van der Waals surface area contributed by atoms with E-state index in [-0.39, 0.29) is 23.7 Å². The van der Waals surface area contributed by atoms with Crippen LogP contribution in [0.2, 0.25) is 0 Å². The summed E-state index contributed by atoms with van der Waals surface area (Å²) >= 11 is 1.76. The van der Waals surface area contributed by atoms with Crippen molar-refractivity contribution in [2.75, 3.05) is 13.2 Å². The van der Waals surface area contributed by atoms with Gasteiger partial charge in [-0.3, -0.25) is 19.4 Å². The Morgan fingerprint density at radius 1 is 1.14 bits per heavy atom. The predicted molar refractivity (Wildman–Crippen MR) is 85.1 cm³/mol.